The quantitative estimate of drug-likeness (QED) is 0.165. The lowest BCUT2D eigenvalue weighted by atomic mass is 9.85. The maximum Gasteiger partial charge on any atom is 0.453 e. The van der Waals surface area contributed by atoms with Gasteiger partial charge in [-0.05, 0) is 56.4 Å². The molecule has 1 unspecified atom stereocenters. The van der Waals surface area contributed by atoms with Gasteiger partial charge in [0, 0.05) is 13.0 Å². The molecular formula is C34H47N6O9P. The number of nitrogens with one attached hydrogen (secondary N) is 4. The van der Waals surface area contributed by atoms with Crippen molar-refractivity contribution in [2.24, 2.45) is 11.3 Å². The second-order valence-corrected chi connectivity index (χ2v) is 16.6. The summed E-state index contributed by atoms with van der Waals surface area (Å²) in [4.78, 5) is 67.6. The molecule has 272 valence electrons. The van der Waals surface area contributed by atoms with Crippen LogP contribution in [-0.2, 0) is 18.9 Å². The van der Waals surface area contributed by atoms with Gasteiger partial charge in [0.2, 0.25) is 11.8 Å². The fourth-order valence-corrected chi connectivity index (χ4v) is 7.67. The van der Waals surface area contributed by atoms with Crippen LogP contribution in [0.25, 0.3) is 0 Å². The fourth-order valence-electron chi connectivity index (χ4n) is 5.56. The lowest BCUT2D eigenvalue weighted by Crippen LogP contribution is -2.59. The van der Waals surface area contributed by atoms with Gasteiger partial charge >= 0.3 is 24.8 Å². The van der Waals surface area contributed by atoms with Crippen molar-refractivity contribution < 1.29 is 32.7 Å². The molecule has 0 saturated carbocycles. The summed E-state index contributed by atoms with van der Waals surface area (Å²) in [7, 11) is -4.25. The van der Waals surface area contributed by atoms with Gasteiger partial charge in [-0.2, -0.15) is 0 Å². The van der Waals surface area contributed by atoms with Gasteiger partial charge in [-0.1, -0.05) is 71.0 Å². The Labute approximate surface area is 290 Å². The molecule has 1 aliphatic heterocycles. The number of benzene rings is 2. The number of hydrogen-bond acceptors (Lipinski definition) is 9. The zero-order valence-corrected chi connectivity index (χ0v) is 30.5. The van der Waals surface area contributed by atoms with E-state index in [0.29, 0.717) is 0 Å². The Hall–Kier alpha value is -4.78. The van der Waals surface area contributed by atoms with Crippen molar-refractivity contribution in [3.63, 3.8) is 0 Å². The Morgan fingerprint density at radius 3 is 1.86 bits per heavy atom. The van der Waals surface area contributed by atoms with Crippen molar-refractivity contribution in [2.45, 2.75) is 91.3 Å². The number of alkyl carbamates (subject to hydrolysis) is 1. The number of amides is 3. The maximum atomic E-state index is 14.8. The van der Waals surface area contributed by atoms with Gasteiger partial charge in [-0.3, -0.25) is 19.2 Å². The van der Waals surface area contributed by atoms with Gasteiger partial charge in [-0.25, -0.2) is 24.4 Å². The minimum absolute atomic E-state index is 0.0945. The number of para-hydroxylation sites is 2. The van der Waals surface area contributed by atoms with Crippen LogP contribution in [0.4, 0.5) is 4.79 Å². The Balaban J connectivity index is 1.72. The minimum atomic E-state index is -4.25. The summed E-state index contributed by atoms with van der Waals surface area (Å²) >= 11 is 0. The third-order valence-corrected chi connectivity index (χ3v) is 10.3. The monoisotopic (exact) mass is 714 g/mol. The second-order valence-electron chi connectivity index (χ2n) is 14.6. The molecular weight excluding hydrogens is 667 g/mol. The molecule has 0 aliphatic carbocycles. The van der Waals surface area contributed by atoms with E-state index < -0.39 is 77.5 Å². The highest BCUT2D eigenvalue weighted by Gasteiger charge is 2.49. The largest absolute Gasteiger partial charge is 0.453 e. The summed E-state index contributed by atoms with van der Waals surface area (Å²) in [5.74, 6) is -2.54. The average Bonchev–Trinajstić information content (AvgIpc) is 3.60. The fraction of sp³-hybridized carbons (Fsp3) is 0.500. The topological polar surface area (TPSA) is 194 Å². The zero-order valence-electron chi connectivity index (χ0n) is 29.6. The standard InChI is InChI=1S/C34H47N6O9P/c1-21(2)29(50(46,48-23-15-11-9-12-16-23)49-24-17-13-10-14-18-24)36-27(41)25-19-22(40-31(44)28(42)37-38-40)20-39(25)30(43)26(33(3,4)5)35-32(45)47-34(6,7)8/h9-18,21-22,25-26,29,38H,19-20H2,1-8H3,(H,35,45)(H,36,41)(H,37,42)/t22-,25+,26-,29?/m1/s1. The second kappa shape index (κ2) is 15.0. The van der Waals surface area contributed by atoms with Gasteiger partial charge in [0.1, 0.15) is 29.2 Å². The van der Waals surface area contributed by atoms with Gasteiger partial charge < -0.3 is 29.3 Å². The van der Waals surface area contributed by atoms with E-state index in [9.17, 15) is 28.5 Å². The summed E-state index contributed by atoms with van der Waals surface area (Å²) in [6.45, 7) is 13.6. The molecule has 3 amide bonds. The highest BCUT2D eigenvalue weighted by Crippen LogP contribution is 2.54. The van der Waals surface area contributed by atoms with E-state index in [-0.39, 0.29) is 24.5 Å². The number of nitrogens with zero attached hydrogens (tertiary/aromatic N) is 2. The van der Waals surface area contributed by atoms with Crippen LogP contribution in [0.15, 0.2) is 70.3 Å². The number of hydrogen-bond donors (Lipinski definition) is 4. The Bertz CT molecular complexity index is 1760. The zero-order chi connectivity index (χ0) is 37.0. The molecule has 2 aromatic carbocycles. The number of likely N-dealkylation sites (tertiary alicyclic amines) is 1. The van der Waals surface area contributed by atoms with Crippen molar-refractivity contribution in [3.8, 4) is 11.5 Å². The Morgan fingerprint density at radius 1 is 0.880 bits per heavy atom. The third kappa shape index (κ3) is 9.26. The highest BCUT2D eigenvalue weighted by atomic mass is 31.2. The number of aromatic amines is 2. The van der Waals surface area contributed by atoms with Gasteiger partial charge in [0.25, 0.3) is 0 Å². The average molecular weight is 715 g/mol. The number of rotatable bonds is 11. The van der Waals surface area contributed by atoms with E-state index >= 15 is 0 Å². The third-order valence-electron chi connectivity index (χ3n) is 7.92. The van der Waals surface area contributed by atoms with Crippen LogP contribution in [0.2, 0.25) is 0 Å². The van der Waals surface area contributed by atoms with Crippen molar-refractivity contribution in [2.75, 3.05) is 6.54 Å². The summed E-state index contributed by atoms with van der Waals surface area (Å²) in [6.07, 6.45) is -0.923. The maximum absolute atomic E-state index is 14.8. The summed E-state index contributed by atoms with van der Waals surface area (Å²) in [5.41, 5.74) is -3.48. The molecule has 1 aromatic heterocycles. The Kier molecular flexibility index (Phi) is 11.4. The summed E-state index contributed by atoms with van der Waals surface area (Å²) in [6, 6.07) is 13.6. The first-order chi connectivity index (χ1) is 23.3. The number of H-pyrrole nitrogens is 2. The van der Waals surface area contributed by atoms with E-state index in [2.05, 4.69) is 20.9 Å². The normalized spacial score (nSPS) is 17.9. The predicted molar refractivity (Wildman–Crippen MR) is 186 cm³/mol. The first-order valence-corrected chi connectivity index (χ1v) is 18.0. The van der Waals surface area contributed by atoms with Gasteiger partial charge in [0.05, 0.1) is 6.04 Å². The van der Waals surface area contributed by atoms with Crippen molar-refractivity contribution in [1.29, 1.82) is 0 Å². The van der Waals surface area contributed by atoms with E-state index in [1.54, 1.807) is 116 Å². The summed E-state index contributed by atoms with van der Waals surface area (Å²) in [5, 5.41) is 10.2. The minimum Gasteiger partial charge on any atom is -0.444 e. The van der Waals surface area contributed by atoms with Crippen molar-refractivity contribution in [1.82, 2.24) is 30.5 Å². The molecule has 1 saturated heterocycles. The molecule has 50 heavy (non-hydrogen) atoms. The van der Waals surface area contributed by atoms with Crippen LogP contribution in [0.3, 0.4) is 0 Å². The van der Waals surface area contributed by atoms with E-state index in [1.165, 1.54) is 4.90 Å². The van der Waals surface area contributed by atoms with Gasteiger partial charge in [-0.15, -0.1) is 0 Å². The molecule has 0 bridgehead atoms. The Morgan fingerprint density at radius 2 is 1.42 bits per heavy atom. The molecule has 16 heteroatoms. The summed E-state index contributed by atoms with van der Waals surface area (Å²) < 4.78 is 33.3. The van der Waals surface area contributed by atoms with E-state index in [1.807, 2.05) is 0 Å². The van der Waals surface area contributed by atoms with Crippen LogP contribution in [0, 0.1) is 11.3 Å². The molecule has 4 N–H and O–H groups in total. The van der Waals surface area contributed by atoms with Crippen LogP contribution in [0.5, 0.6) is 11.5 Å². The molecule has 0 radical (unpaired) electrons. The first-order valence-electron chi connectivity index (χ1n) is 16.4. The molecule has 1 aliphatic rings. The lowest BCUT2D eigenvalue weighted by Gasteiger charge is -2.36. The molecule has 4 rings (SSSR count). The molecule has 4 atom stereocenters. The van der Waals surface area contributed by atoms with Crippen LogP contribution >= 0.6 is 7.60 Å². The highest BCUT2D eigenvalue weighted by molar-refractivity contribution is 7.55. The molecule has 1 fully saturated rings. The predicted octanol–water partition coefficient (Wildman–Crippen LogP) is 4.40. The lowest BCUT2D eigenvalue weighted by molar-refractivity contribution is -0.142. The molecule has 2 heterocycles. The molecule has 15 nitrogen and oxygen atoms in total. The van der Waals surface area contributed by atoms with Gasteiger partial charge in [0.15, 0.2) is 5.78 Å². The number of carbonyl (C=O) groups is 3. The number of ether oxygens (including phenoxy) is 1. The first kappa shape index (κ1) is 38.0. The van der Waals surface area contributed by atoms with Crippen molar-refractivity contribution in [3.05, 3.63) is 81.4 Å². The van der Waals surface area contributed by atoms with E-state index in [4.69, 9.17) is 13.8 Å². The number of aromatic nitrogens is 3. The number of carbonyl (C=O) groups excluding carboxylic acids is 3. The SMILES string of the molecule is CC(C)C(NC(=O)[C@@H]1C[C@@H](n2[nH][nH]c(=O)c2=O)CN1C(=O)[C@@H](NC(=O)OC(C)(C)C)C(C)(C)C)P(=O)(Oc1ccccc1)Oc1ccccc1. The molecule has 3 aromatic rings. The van der Waals surface area contributed by atoms with Crippen LogP contribution in [0.1, 0.15) is 67.9 Å². The van der Waals surface area contributed by atoms with Crippen LogP contribution in [-0.4, -0.2) is 67.8 Å². The smallest absolute Gasteiger partial charge is 0.444 e. The molecule has 0 spiro atoms. The van der Waals surface area contributed by atoms with Crippen molar-refractivity contribution >= 4 is 25.5 Å². The van der Waals surface area contributed by atoms with Crippen LogP contribution < -0.4 is 30.8 Å². The van der Waals surface area contributed by atoms with E-state index in [0.717, 1.165) is 4.68 Å².